The van der Waals surface area contributed by atoms with E-state index in [2.05, 4.69) is 6.92 Å². The zero-order valence-corrected chi connectivity index (χ0v) is 8.07. The Balaban J connectivity index is 2.89. The highest BCUT2D eigenvalue weighted by Gasteiger charge is 1.97. The van der Waals surface area contributed by atoms with Gasteiger partial charge in [0.15, 0.2) is 0 Å². The van der Waals surface area contributed by atoms with Crippen LogP contribution < -0.4 is 5.73 Å². The van der Waals surface area contributed by atoms with Gasteiger partial charge in [-0.3, -0.25) is 0 Å². The van der Waals surface area contributed by atoms with Crippen molar-refractivity contribution in [3.63, 3.8) is 0 Å². The van der Waals surface area contributed by atoms with Crippen LogP contribution in [0.1, 0.15) is 26.2 Å². The van der Waals surface area contributed by atoms with Crippen molar-refractivity contribution in [2.24, 2.45) is 5.73 Å². The van der Waals surface area contributed by atoms with E-state index in [1.807, 2.05) is 11.8 Å². The molecule has 0 bridgehead atoms. The number of unbranched alkanes of at least 4 members (excludes halogenated alkanes) is 1. The van der Waals surface area contributed by atoms with Gasteiger partial charge in [0.2, 0.25) is 0 Å². The standard InChI is InChI=1S/C8H19NOS/c1-2-8(9)7-11-6-4-3-5-10/h8,10H,2-7,9H2,1H3. The van der Waals surface area contributed by atoms with Gasteiger partial charge < -0.3 is 10.8 Å². The normalized spacial score (nSPS) is 13.4. The predicted molar refractivity (Wildman–Crippen MR) is 51.9 cm³/mol. The Kier molecular flexibility index (Phi) is 8.57. The Morgan fingerprint density at radius 3 is 2.73 bits per heavy atom. The molecule has 0 saturated carbocycles. The first kappa shape index (κ1) is 11.3. The Hall–Kier alpha value is 0.270. The van der Waals surface area contributed by atoms with E-state index in [9.17, 15) is 0 Å². The van der Waals surface area contributed by atoms with Crippen molar-refractivity contribution in [1.29, 1.82) is 0 Å². The molecule has 0 radical (unpaired) electrons. The summed E-state index contributed by atoms with van der Waals surface area (Å²) in [6.07, 6.45) is 3.10. The van der Waals surface area contributed by atoms with Crippen molar-refractivity contribution in [2.45, 2.75) is 32.2 Å². The number of aliphatic hydroxyl groups excluding tert-OH is 1. The molecule has 0 aliphatic carbocycles. The lowest BCUT2D eigenvalue weighted by Gasteiger charge is -2.06. The van der Waals surface area contributed by atoms with Crippen LogP contribution in [0.3, 0.4) is 0 Å². The summed E-state index contributed by atoms with van der Waals surface area (Å²) in [6, 6.07) is 0.356. The van der Waals surface area contributed by atoms with Crippen LogP contribution in [-0.4, -0.2) is 29.3 Å². The number of hydrogen-bond acceptors (Lipinski definition) is 3. The summed E-state index contributed by atoms with van der Waals surface area (Å²) >= 11 is 1.89. The number of rotatable bonds is 7. The van der Waals surface area contributed by atoms with Crippen LogP contribution in [0.25, 0.3) is 0 Å². The molecule has 0 aromatic carbocycles. The molecular formula is C8H19NOS. The molecule has 0 aromatic heterocycles. The van der Waals surface area contributed by atoms with Crippen molar-refractivity contribution >= 4 is 11.8 Å². The minimum Gasteiger partial charge on any atom is -0.396 e. The summed E-state index contributed by atoms with van der Waals surface area (Å²) in [5.41, 5.74) is 5.72. The van der Waals surface area contributed by atoms with Gasteiger partial charge in [-0.25, -0.2) is 0 Å². The fraction of sp³-hybridized carbons (Fsp3) is 1.00. The van der Waals surface area contributed by atoms with Crippen LogP contribution in [0.2, 0.25) is 0 Å². The number of hydrogen-bond donors (Lipinski definition) is 2. The third-order valence-electron chi connectivity index (χ3n) is 1.55. The zero-order chi connectivity index (χ0) is 8.53. The molecule has 1 unspecified atom stereocenters. The average molecular weight is 177 g/mol. The van der Waals surface area contributed by atoms with E-state index >= 15 is 0 Å². The van der Waals surface area contributed by atoms with Gasteiger partial charge in [-0.2, -0.15) is 11.8 Å². The Morgan fingerprint density at radius 1 is 1.45 bits per heavy atom. The van der Waals surface area contributed by atoms with Gasteiger partial charge in [-0.1, -0.05) is 6.92 Å². The average Bonchev–Trinajstić information content (AvgIpc) is 2.04. The van der Waals surface area contributed by atoms with Crippen molar-refractivity contribution in [3.05, 3.63) is 0 Å². The fourth-order valence-corrected chi connectivity index (χ4v) is 1.78. The first-order valence-corrected chi connectivity index (χ1v) is 5.41. The highest BCUT2D eigenvalue weighted by atomic mass is 32.2. The van der Waals surface area contributed by atoms with Gasteiger partial charge in [0.25, 0.3) is 0 Å². The maximum atomic E-state index is 8.49. The molecule has 11 heavy (non-hydrogen) atoms. The third-order valence-corrected chi connectivity index (χ3v) is 2.79. The van der Waals surface area contributed by atoms with E-state index in [1.165, 1.54) is 0 Å². The molecule has 0 aliphatic heterocycles. The van der Waals surface area contributed by atoms with Gasteiger partial charge in [-0.15, -0.1) is 0 Å². The van der Waals surface area contributed by atoms with Crippen molar-refractivity contribution in [1.82, 2.24) is 0 Å². The van der Waals surface area contributed by atoms with Gasteiger partial charge in [0, 0.05) is 18.4 Å². The van der Waals surface area contributed by atoms with Gasteiger partial charge in [0.05, 0.1) is 0 Å². The van der Waals surface area contributed by atoms with Gasteiger partial charge in [0.1, 0.15) is 0 Å². The first-order chi connectivity index (χ1) is 5.31. The van der Waals surface area contributed by atoms with Crippen molar-refractivity contribution in [2.75, 3.05) is 18.1 Å². The lowest BCUT2D eigenvalue weighted by atomic mass is 10.3. The number of nitrogens with two attached hydrogens (primary N) is 1. The second-order valence-corrected chi connectivity index (χ2v) is 3.82. The topological polar surface area (TPSA) is 46.2 Å². The molecule has 3 N–H and O–H groups in total. The van der Waals surface area contributed by atoms with E-state index in [0.717, 1.165) is 30.8 Å². The molecule has 0 rings (SSSR count). The Morgan fingerprint density at radius 2 is 2.18 bits per heavy atom. The summed E-state index contributed by atoms with van der Waals surface area (Å²) in [6.45, 7) is 2.43. The molecule has 0 heterocycles. The number of aliphatic hydroxyl groups is 1. The fourth-order valence-electron chi connectivity index (χ4n) is 0.668. The molecule has 0 amide bonds. The molecular weight excluding hydrogens is 158 g/mol. The molecule has 0 saturated heterocycles. The van der Waals surface area contributed by atoms with Crippen molar-refractivity contribution < 1.29 is 5.11 Å². The van der Waals surface area contributed by atoms with Gasteiger partial charge >= 0.3 is 0 Å². The Labute approximate surface area is 73.6 Å². The molecule has 0 spiro atoms. The van der Waals surface area contributed by atoms with E-state index in [0.29, 0.717) is 12.6 Å². The van der Waals surface area contributed by atoms with E-state index in [-0.39, 0.29) is 0 Å². The largest absolute Gasteiger partial charge is 0.396 e. The quantitative estimate of drug-likeness (QED) is 0.575. The summed E-state index contributed by atoms with van der Waals surface area (Å²) in [4.78, 5) is 0. The molecule has 2 nitrogen and oxygen atoms in total. The van der Waals surface area contributed by atoms with E-state index in [4.69, 9.17) is 10.8 Å². The van der Waals surface area contributed by atoms with Crippen LogP contribution in [0.5, 0.6) is 0 Å². The lowest BCUT2D eigenvalue weighted by molar-refractivity contribution is 0.287. The van der Waals surface area contributed by atoms with Crippen LogP contribution >= 0.6 is 11.8 Å². The highest BCUT2D eigenvalue weighted by Crippen LogP contribution is 2.06. The summed E-state index contributed by atoms with van der Waals surface area (Å²) in [7, 11) is 0. The monoisotopic (exact) mass is 177 g/mol. The third kappa shape index (κ3) is 8.17. The maximum Gasteiger partial charge on any atom is 0.0431 e. The molecule has 1 atom stereocenters. The summed E-state index contributed by atoms with van der Waals surface area (Å²) in [5.74, 6) is 2.19. The van der Waals surface area contributed by atoms with Crippen LogP contribution in [0, 0.1) is 0 Å². The molecule has 68 valence electrons. The summed E-state index contributed by atoms with van der Waals surface area (Å²) in [5, 5.41) is 8.49. The predicted octanol–water partition coefficient (Wildman–Crippen LogP) is 1.23. The first-order valence-electron chi connectivity index (χ1n) is 4.25. The SMILES string of the molecule is CCC(N)CSCCCCO. The van der Waals surface area contributed by atoms with E-state index in [1.54, 1.807) is 0 Å². The smallest absolute Gasteiger partial charge is 0.0431 e. The lowest BCUT2D eigenvalue weighted by Crippen LogP contribution is -2.21. The Bertz CT molecular complexity index is 80.5. The summed E-state index contributed by atoms with van der Waals surface area (Å²) < 4.78 is 0. The highest BCUT2D eigenvalue weighted by molar-refractivity contribution is 7.99. The van der Waals surface area contributed by atoms with E-state index < -0.39 is 0 Å². The molecule has 3 heteroatoms. The minimum atomic E-state index is 0.320. The van der Waals surface area contributed by atoms with Crippen LogP contribution in [0.15, 0.2) is 0 Å². The number of thioether (sulfide) groups is 1. The van der Waals surface area contributed by atoms with Crippen LogP contribution in [-0.2, 0) is 0 Å². The maximum absolute atomic E-state index is 8.49. The second kappa shape index (κ2) is 8.37. The van der Waals surface area contributed by atoms with Gasteiger partial charge in [-0.05, 0) is 25.0 Å². The molecule has 0 fully saturated rings. The second-order valence-electron chi connectivity index (χ2n) is 2.67. The zero-order valence-electron chi connectivity index (χ0n) is 7.25. The van der Waals surface area contributed by atoms with Crippen molar-refractivity contribution in [3.8, 4) is 0 Å². The molecule has 0 aromatic rings. The minimum absolute atomic E-state index is 0.320. The molecule has 0 aliphatic rings. The van der Waals surface area contributed by atoms with Crippen LogP contribution in [0.4, 0.5) is 0 Å².